The fourth-order valence-corrected chi connectivity index (χ4v) is 3.84. The molecule has 0 amide bonds. The van der Waals surface area contributed by atoms with Crippen molar-refractivity contribution >= 4 is 33.2 Å². The van der Waals surface area contributed by atoms with E-state index in [-0.39, 0.29) is 21.1 Å². The Morgan fingerprint density at radius 3 is 2.63 bits per heavy atom. The average Bonchev–Trinajstić information content (AvgIpc) is 2.82. The van der Waals surface area contributed by atoms with Crippen molar-refractivity contribution in [3.8, 4) is 0 Å². The molecule has 1 aliphatic rings. The van der Waals surface area contributed by atoms with Crippen LogP contribution in [0.1, 0.15) is 6.42 Å². The molecule has 0 radical (unpaired) electrons. The smallest absolute Gasteiger partial charge is 0.244 e. The SMILES string of the molecule is CN(C)C1CCN(S(=O)(=O)c2cnc(Cl)c(Cl)c2)C1. The van der Waals surface area contributed by atoms with Crippen molar-refractivity contribution in [1.82, 2.24) is 14.2 Å². The molecule has 1 saturated heterocycles. The minimum Gasteiger partial charge on any atom is -0.305 e. The van der Waals surface area contributed by atoms with Crippen LogP contribution in [0.25, 0.3) is 0 Å². The first-order valence-corrected chi connectivity index (χ1v) is 7.99. The Balaban J connectivity index is 2.26. The van der Waals surface area contributed by atoms with Crippen molar-refractivity contribution in [2.75, 3.05) is 27.2 Å². The van der Waals surface area contributed by atoms with Gasteiger partial charge in [0.05, 0.1) is 5.02 Å². The van der Waals surface area contributed by atoms with Gasteiger partial charge in [-0.2, -0.15) is 4.31 Å². The van der Waals surface area contributed by atoms with Gasteiger partial charge >= 0.3 is 0 Å². The molecule has 19 heavy (non-hydrogen) atoms. The molecule has 8 heteroatoms. The summed E-state index contributed by atoms with van der Waals surface area (Å²) in [6, 6.07) is 1.58. The molecule has 1 aromatic heterocycles. The van der Waals surface area contributed by atoms with Gasteiger partial charge in [-0.25, -0.2) is 13.4 Å². The first-order chi connectivity index (χ1) is 8.82. The van der Waals surface area contributed by atoms with Crippen molar-refractivity contribution in [3.63, 3.8) is 0 Å². The van der Waals surface area contributed by atoms with E-state index in [2.05, 4.69) is 4.98 Å². The maximum absolute atomic E-state index is 12.4. The zero-order valence-corrected chi connectivity index (χ0v) is 13.0. The maximum Gasteiger partial charge on any atom is 0.244 e. The zero-order chi connectivity index (χ0) is 14.2. The van der Waals surface area contributed by atoms with Gasteiger partial charge in [-0.05, 0) is 26.6 Å². The van der Waals surface area contributed by atoms with E-state index in [1.807, 2.05) is 19.0 Å². The van der Waals surface area contributed by atoms with Crippen molar-refractivity contribution in [3.05, 3.63) is 22.4 Å². The van der Waals surface area contributed by atoms with Crippen molar-refractivity contribution in [2.45, 2.75) is 17.4 Å². The fourth-order valence-electron chi connectivity index (χ4n) is 2.04. The van der Waals surface area contributed by atoms with Crippen LogP contribution < -0.4 is 0 Å². The Bertz CT molecular complexity index is 577. The quantitative estimate of drug-likeness (QED) is 0.795. The van der Waals surface area contributed by atoms with Crippen LogP contribution in [-0.2, 0) is 10.0 Å². The number of halogens is 2. The first kappa shape index (κ1) is 15.0. The highest BCUT2D eigenvalue weighted by Gasteiger charge is 2.33. The lowest BCUT2D eigenvalue weighted by Crippen LogP contribution is -2.34. The summed E-state index contributed by atoms with van der Waals surface area (Å²) in [5, 5.41) is 0.249. The number of hydrogen-bond donors (Lipinski definition) is 0. The normalized spacial score (nSPS) is 21.2. The molecule has 0 N–H and O–H groups in total. The predicted octanol–water partition coefficient (Wildman–Crippen LogP) is 1.71. The largest absolute Gasteiger partial charge is 0.305 e. The van der Waals surface area contributed by atoms with E-state index >= 15 is 0 Å². The van der Waals surface area contributed by atoms with Gasteiger partial charge in [-0.3, -0.25) is 0 Å². The lowest BCUT2D eigenvalue weighted by atomic mass is 10.2. The molecule has 1 fully saturated rings. The van der Waals surface area contributed by atoms with Crippen LogP contribution >= 0.6 is 23.2 Å². The molecular weight excluding hydrogens is 309 g/mol. The summed E-state index contributed by atoms with van der Waals surface area (Å²) in [7, 11) is 0.349. The zero-order valence-electron chi connectivity index (χ0n) is 10.7. The summed E-state index contributed by atoms with van der Waals surface area (Å²) in [5.74, 6) is 0. The lowest BCUT2D eigenvalue weighted by molar-refractivity contribution is 0.302. The van der Waals surface area contributed by atoms with E-state index < -0.39 is 10.0 Å². The standard InChI is InChI=1S/C11H15Cl2N3O2S/c1-15(2)8-3-4-16(7-8)19(17,18)9-5-10(12)11(13)14-6-9/h5-6,8H,3-4,7H2,1-2H3. The molecule has 1 atom stereocenters. The monoisotopic (exact) mass is 323 g/mol. The Morgan fingerprint density at radius 1 is 1.42 bits per heavy atom. The molecule has 0 aliphatic carbocycles. The molecule has 106 valence electrons. The highest BCUT2D eigenvalue weighted by atomic mass is 35.5. The Labute approximate surface area is 123 Å². The molecule has 0 bridgehead atoms. The minimum absolute atomic E-state index is 0.0845. The van der Waals surface area contributed by atoms with E-state index in [1.54, 1.807) is 0 Å². The number of rotatable bonds is 3. The summed E-state index contributed by atoms with van der Waals surface area (Å²) < 4.78 is 26.3. The van der Waals surface area contributed by atoms with Crippen LogP contribution in [0.2, 0.25) is 10.2 Å². The highest BCUT2D eigenvalue weighted by molar-refractivity contribution is 7.89. The number of pyridine rings is 1. The number of nitrogens with zero attached hydrogens (tertiary/aromatic N) is 3. The van der Waals surface area contributed by atoms with Crippen molar-refractivity contribution < 1.29 is 8.42 Å². The Morgan fingerprint density at radius 2 is 2.11 bits per heavy atom. The summed E-state index contributed by atoms with van der Waals surface area (Å²) in [4.78, 5) is 5.90. The summed E-state index contributed by atoms with van der Waals surface area (Å²) in [6.07, 6.45) is 2.06. The summed E-state index contributed by atoms with van der Waals surface area (Å²) >= 11 is 11.5. The maximum atomic E-state index is 12.4. The number of sulfonamides is 1. The number of likely N-dealkylation sites (N-methyl/N-ethyl adjacent to an activating group) is 1. The number of hydrogen-bond acceptors (Lipinski definition) is 4. The van der Waals surface area contributed by atoms with Gasteiger partial charge in [0.25, 0.3) is 0 Å². The molecule has 1 aromatic rings. The highest BCUT2D eigenvalue weighted by Crippen LogP contribution is 2.26. The molecule has 2 heterocycles. The van der Waals surface area contributed by atoms with Crippen molar-refractivity contribution in [1.29, 1.82) is 0 Å². The van der Waals surface area contributed by atoms with Crippen LogP contribution in [0.4, 0.5) is 0 Å². The van der Waals surface area contributed by atoms with Crippen LogP contribution in [0, 0.1) is 0 Å². The third kappa shape index (κ3) is 3.03. The van der Waals surface area contributed by atoms with Crippen molar-refractivity contribution in [2.24, 2.45) is 0 Å². The molecular formula is C11H15Cl2N3O2S. The van der Waals surface area contributed by atoms with Gasteiger partial charge in [0.15, 0.2) is 0 Å². The second kappa shape index (κ2) is 5.54. The predicted molar refractivity (Wildman–Crippen MR) is 75.1 cm³/mol. The van der Waals surface area contributed by atoms with E-state index in [1.165, 1.54) is 16.6 Å². The van der Waals surface area contributed by atoms with Gasteiger partial charge in [0, 0.05) is 25.3 Å². The molecule has 0 saturated carbocycles. The van der Waals surface area contributed by atoms with Crippen LogP contribution in [0.5, 0.6) is 0 Å². The molecule has 5 nitrogen and oxygen atoms in total. The van der Waals surface area contributed by atoms with Crippen LogP contribution in [0.15, 0.2) is 17.2 Å². The van der Waals surface area contributed by atoms with Crippen LogP contribution in [-0.4, -0.2) is 55.8 Å². The summed E-state index contributed by atoms with van der Waals surface area (Å²) in [5.41, 5.74) is 0. The van der Waals surface area contributed by atoms with E-state index in [0.29, 0.717) is 13.1 Å². The third-order valence-corrected chi connectivity index (χ3v) is 5.78. The lowest BCUT2D eigenvalue weighted by Gasteiger charge is -2.20. The second-order valence-corrected chi connectivity index (χ2v) is 7.42. The number of aromatic nitrogens is 1. The van der Waals surface area contributed by atoms with Gasteiger partial charge in [-0.1, -0.05) is 23.2 Å². The van der Waals surface area contributed by atoms with Gasteiger partial charge in [0.2, 0.25) is 10.0 Å². The van der Waals surface area contributed by atoms with Gasteiger partial charge in [0.1, 0.15) is 10.0 Å². The Kier molecular flexibility index (Phi) is 4.37. The first-order valence-electron chi connectivity index (χ1n) is 5.80. The average molecular weight is 324 g/mol. The van der Waals surface area contributed by atoms with E-state index in [9.17, 15) is 8.42 Å². The molecule has 1 unspecified atom stereocenters. The summed E-state index contributed by atoms with van der Waals surface area (Å²) in [6.45, 7) is 0.987. The second-order valence-electron chi connectivity index (χ2n) is 4.71. The van der Waals surface area contributed by atoms with Crippen LogP contribution in [0.3, 0.4) is 0 Å². The third-order valence-electron chi connectivity index (χ3n) is 3.27. The molecule has 1 aliphatic heterocycles. The van der Waals surface area contributed by atoms with E-state index in [0.717, 1.165) is 6.42 Å². The topological polar surface area (TPSA) is 53.5 Å². The minimum atomic E-state index is -3.54. The molecule has 0 aromatic carbocycles. The molecule has 0 spiro atoms. The van der Waals surface area contributed by atoms with E-state index in [4.69, 9.17) is 23.2 Å². The fraction of sp³-hybridized carbons (Fsp3) is 0.545. The molecule has 2 rings (SSSR count). The van der Waals surface area contributed by atoms with Gasteiger partial charge < -0.3 is 4.90 Å². The Hall–Kier alpha value is -0.400. The van der Waals surface area contributed by atoms with Gasteiger partial charge in [-0.15, -0.1) is 0 Å².